The lowest BCUT2D eigenvalue weighted by molar-refractivity contribution is 0.0799. The lowest BCUT2D eigenvalue weighted by Crippen LogP contribution is -2.05. The second-order valence-electron chi connectivity index (χ2n) is 2.62. The number of hydrogen-bond donors (Lipinski definition) is 0. The number of hydrogen-bond acceptors (Lipinski definition) is 3. The van der Waals surface area contributed by atoms with Gasteiger partial charge >= 0.3 is 5.97 Å². The summed E-state index contributed by atoms with van der Waals surface area (Å²) in [5.74, 6) is -1.18. The van der Waals surface area contributed by atoms with E-state index in [4.69, 9.17) is 5.26 Å². The van der Waals surface area contributed by atoms with E-state index in [0.717, 1.165) is 6.07 Å². The Kier molecular flexibility index (Phi) is 3.41. The first-order valence-corrected chi connectivity index (χ1v) is 4.51. The highest BCUT2D eigenvalue weighted by Crippen LogP contribution is 2.18. The number of aryl methyl sites for hydroxylation is 1. The summed E-state index contributed by atoms with van der Waals surface area (Å²) in [4.78, 5) is 11.2. The number of rotatable bonds is 1. The van der Waals surface area contributed by atoms with Crippen molar-refractivity contribution < 1.29 is 12.3 Å². The van der Waals surface area contributed by atoms with E-state index >= 15 is 0 Å². The average molecular weight is 305 g/mol. The predicted octanol–water partition coefficient (Wildman–Crippen LogP) is 2.51. The molecule has 3 nitrogen and oxygen atoms in total. The van der Waals surface area contributed by atoms with Crippen LogP contribution in [0.5, 0.6) is 0 Å². The molecular formula is C9H5FINO2. The van der Waals surface area contributed by atoms with E-state index in [0.29, 0.717) is 5.56 Å². The molecule has 0 saturated carbocycles. The molecule has 0 spiro atoms. The standard InChI is InChI=1S/C9H5FINO2/c1-5-2-7(10)3-6(4-12)8(5)9(13)14-11/h2-3H,1H3. The fourth-order valence-corrected chi connectivity index (χ4v) is 1.36. The van der Waals surface area contributed by atoms with Crippen molar-refractivity contribution in [2.24, 2.45) is 0 Å². The molecule has 0 bridgehead atoms. The van der Waals surface area contributed by atoms with Crippen molar-refractivity contribution in [3.8, 4) is 6.07 Å². The third kappa shape index (κ3) is 2.01. The summed E-state index contributed by atoms with van der Waals surface area (Å²) in [6.45, 7) is 1.55. The summed E-state index contributed by atoms with van der Waals surface area (Å²) in [7, 11) is 0. The normalized spacial score (nSPS) is 9.29. The van der Waals surface area contributed by atoms with Crippen LogP contribution in [0.25, 0.3) is 0 Å². The van der Waals surface area contributed by atoms with Gasteiger partial charge in [-0.3, -0.25) is 0 Å². The summed E-state index contributed by atoms with van der Waals surface area (Å²) in [6, 6.07) is 3.94. The van der Waals surface area contributed by atoms with Crippen LogP contribution in [0, 0.1) is 24.1 Å². The zero-order chi connectivity index (χ0) is 10.7. The van der Waals surface area contributed by atoms with Gasteiger partial charge in [-0.25, -0.2) is 9.18 Å². The largest absolute Gasteiger partial charge is 0.391 e. The van der Waals surface area contributed by atoms with E-state index in [1.165, 1.54) is 29.1 Å². The predicted molar refractivity (Wildman–Crippen MR) is 55.3 cm³/mol. The first-order chi connectivity index (χ1) is 6.60. The van der Waals surface area contributed by atoms with E-state index in [9.17, 15) is 9.18 Å². The molecule has 14 heavy (non-hydrogen) atoms. The molecule has 0 amide bonds. The smallest absolute Gasteiger partial charge is 0.349 e. The van der Waals surface area contributed by atoms with Crippen LogP contribution in [-0.2, 0) is 3.07 Å². The third-order valence-electron chi connectivity index (χ3n) is 1.69. The topological polar surface area (TPSA) is 50.1 Å². The molecule has 72 valence electrons. The molecule has 0 atom stereocenters. The van der Waals surface area contributed by atoms with Crippen molar-refractivity contribution in [3.05, 3.63) is 34.6 Å². The van der Waals surface area contributed by atoms with Crippen LogP contribution in [0.15, 0.2) is 12.1 Å². The van der Waals surface area contributed by atoms with E-state index < -0.39 is 11.8 Å². The minimum Gasteiger partial charge on any atom is -0.391 e. The zero-order valence-corrected chi connectivity index (χ0v) is 9.33. The Morgan fingerprint density at radius 3 is 2.79 bits per heavy atom. The van der Waals surface area contributed by atoms with Gasteiger partial charge in [0.2, 0.25) is 0 Å². The quantitative estimate of drug-likeness (QED) is 0.749. The molecule has 0 aliphatic rings. The highest BCUT2D eigenvalue weighted by Gasteiger charge is 2.16. The molecule has 0 saturated heterocycles. The fourth-order valence-electron chi connectivity index (χ4n) is 1.14. The Morgan fingerprint density at radius 2 is 2.29 bits per heavy atom. The molecule has 0 aromatic heterocycles. The molecule has 1 aromatic rings. The van der Waals surface area contributed by atoms with Gasteiger partial charge in [-0.05, 0) is 24.6 Å². The third-order valence-corrected chi connectivity index (χ3v) is 2.09. The van der Waals surface area contributed by atoms with Crippen molar-refractivity contribution in [3.63, 3.8) is 0 Å². The molecule has 0 radical (unpaired) electrons. The van der Waals surface area contributed by atoms with E-state index in [-0.39, 0.29) is 11.1 Å². The van der Waals surface area contributed by atoms with Gasteiger partial charge in [-0.2, -0.15) is 5.26 Å². The Morgan fingerprint density at radius 1 is 1.64 bits per heavy atom. The van der Waals surface area contributed by atoms with Crippen molar-refractivity contribution in [1.29, 1.82) is 5.26 Å². The Balaban J connectivity index is 3.42. The van der Waals surface area contributed by atoms with E-state index in [1.807, 2.05) is 0 Å². The number of benzene rings is 1. The molecular weight excluding hydrogens is 300 g/mol. The molecule has 0 unspecified atom stereocenters. The Bertz CT molecular complexity index is 426. The summed E-state index contributed by atoms with van der Waals surface area (Å²) in [5.41, 5.74) is 0.496. The first kappa shape index (κ1) is 10.9. The lowest BCUT2D eigenvalue weighted by Gasteiger charge is -2.04. The molecule has 0 heterocycles. The van der Waals surface area contributed by atoms with E-state index in [2.05, 4.69) is 3.07 Å². The van der Waals surface area contributed by atoms with Crippen LogP contribution < -0.4 is 0 Å². The molecule has 0 aliphatic heterocycles. The minimum absolute atomic E-state index is 0.0100. The summed E-state index contributed by atoms with van der Waals surface area (Å²) in [5, 5.41) is 8.68. The second kappa shape index (κ2) is 4.37. The van der Waals surface area contributed by atoms with Crippen LogP contribution in [-0.4, -0.2) is 5.97 Å². The van der Waals surface area contributed by atoms with Gasteiger partial charge in [0.15, 0.2) is 23.0 Å². The van der Waals surface area contributed by atoms with Crippen molar-refractivity contribution >= 4 is 29.0 Å². The van der Waals surface area contributed by atoms with Gasteiger partial charge in [0.05, 0.1) is 11.1 Å². The summed E-state index contributed by atoms with van der Waals surface area (Å²) >= 11 is 1.42. The highest BCUT2D eigenvalue weighted by molar-refractivity contribution is 14.1. The van der Waals surface area contributed by atoms with Crippen molar-refractivity contribution in [2.75, 3.05) is 0 Å². The van der Waals surface area contributed by atoms with Gasteiger partial charge < -0.3 is 3.07 Å². The highest BCUT2D eigenvalue weighted by atomic mass is 127. The van der Waals surface area contributed by atoms with Gasteiger partial charge in [0, 0.05) is 0 Å². The molecule has 0 aliphatic carbocycles. The number of halogens is 2. The van der Waals surface area contributed by atoms with Crippen LogP contribution in [0.2, 0.25) is 0 Å². The van der Waals surface area contributed by atoms with Gasteiger partial charge in [-0.15, -0.1) is 0 Å². The van der Waals surface area contributed by atoms with Crippen LogP contribution in [0.1, 0.15) is 21.5 Å². The van der Waals surface area contributed by atoms with Crippen LogP contribution in [0.4, 0.5) is 4.39 Å². The SMILES string of the molecule is Cc1cc(F)cc(C#N)c1C(=O)OI. The number of nitrogens with zero attached hydrogens (tertiary/aromatic N) is 1. The summed E-state index contributed by atoms with van der Waals surface area (Å²) in [6.07, 6.45) is 0. The molecule has 1 rings (SSSR count). The van der Waals surface area contributed by atoms with Gasteiger partial charge in [0.25, 0.3) is 0 Å². The van der Waals surface area contributed by atoms with Gasteiger partial charge in [-0.1, -0.05) is 0 Å². The second-order valence-corrected chi connectivity index (χ2v) is 3.06. The number of nitriles is 1. The fraction of sp³-hybridized carbons (Fsp3) is 0.111. The Labute approximate surface area is 94.2 Å². The van der Waals surface area contributed by atoms with Crippen molar-refractivity contribution in [1.82, 2.24) is 0 Å². The van der Waals surface area contributed by atoms with Crippen molar-refractivity contribution in [2.45, 2.75) is 6.92 Å². The maximum absolute atomic E-state index is 12.9. The monoisotopic (exact) mass is 305 g/mol. The minimum atomic E-state index is -0.639. The molecule has 1 aromatic carbocycles. The van der Waals surface area contributed by atoms with Gasteiger partial charge in [0.1, 0.15) is 11.9 Å². The Hall–Kier alpha value is -1.16. The molecule has 0 fully saturated rings. The average Bonchev–Trinajstić information content (AvgIpc) is 2.15. The first-order valence-electron chi connectivity index (χ1n) is 3.63. The molecule has 5 heteroatoms. The summed E-state index contributed by atoms with van der Waals surface area (Å²) < 4.78 is 17.3. The maximum atomic E-state index is 12.9. The van der Waals surface area contributed by atoms with E-state index in [1.54, 1.807) is 13.0 Å². The zero-order valence-electron chi connectivity index (χ0n) is 7.17. The van der Waals surface area contributed by atoms with Crippen LogP contribution >= 0.6 is 23.0 Å². The molecule has 0 N–H and O–H groups in total. The maximum Gasteiger partial charge on any atom is 0.349 e. The van der Waals surface area contributed by atoms with Crippen LogP contribution in [0.3, 0.4) is 0 Å². The lowest BCUT2D eigenvalue weighted by atomic mass is 10.0. The number of carbonyl (C=O) groups excluding carboxylic acids is 1. The number of carbonyl (C=O) groups is 1.